The van der Waals surface area contributed by atoms with Gasteiger partial charge in [0.2, 0.25) is 0 Å². The summed E-state index contributed by atoms with van der Waals surface area (Å²) in [5.74, 6) is 1.58. The molecular formula is C20H18N4O2. The second-order valence-electron chi connectivity index (χ2n) is 5.46. The monoisotopic (exact) mass is 346 g/mol. The number of nitrogens with zero attached hydrogens (tertiary/aromatic N) is 4. The maximum atomic E-state index is 5.25. The summed E-state index contributed by atoms with van der Waals surface area (Å²) in [5, 5.41) is 4.73. The summed E-state index contributed by atoms with van der Waals surface area (Å²) in [4.78, 5) is 8.83. The lowest BCUT2D eigenvalue weighted by molar-refractivity contribution is 0.415. The van der Waals surface area contributed by atoms with Crippen LogP contribution in [0.2, 0.25) is 0 Å². The van der Waals surface area contributed by atoms with Gasteiger partial charge >= 0.3 is 0 Å². The molecule has 0 atom stereocenters. The predicted molar refractivity (Wildman–Crippen MR) is 100 cm³/mol. The largest absolute Gasteiger partial charge is 0.497 e. The van der Waals surface area contributed by atoms with E-state index in [-0.39, 0.29) is 5.48 Å². The Labute approximate surface area is 151 Å². The molecule has 130 valence electrons. The van der Waals surface area contributed by atoms with Gasteiger partial charge in [0.25, 0.3) is 0 Å². The molecule has 3 heterocycles. The lowest BCUT2D eigenvalue weighted by Crippen LogP contribution is -2.01. The van der Waals surface area contributed by atoms with E-state index in [1.807, 2.05) is 71.4 Å². The number of methoxy groups -OCH3 is 1. The first-order valence-electron chi connectivity index (χ1n) is 7.92. The van der Waals surface area contributed by atoms with Crippen LogP contribution in [0.4, 0.5) is 0 Å². The Kier molecular flexibility index (Phi) is 5.05. The number of aromatic nitrogens is 4. The van der Waals surface area contributed by atoms with Gasteiger partial charge in [-0.05, 0) is 54.6 Å². The normalized spacial score (nSPS) is 10.2. The van der Waals surface area contributed by atoms with Crippen molar-refractivity contribution >= 4 is 0 Å². The molecule has 0 saturated carbocycles. The minimum atomic E-state index is 0. The Balaban J connectivity index is 0.00000196. The Morgan fingerprint density at radius 2 is 1.54 bits per heavy atom. The molecule has 0 amide bonds. The molecule has 0 aliphatic rings. The third kappa shape index (κ3) is 3.31. The van der Waals surface area contributed by atoms with Crippen molar-refractivity contribution in [1.82, 2.24) is 19.7 Å². The average molecular weight is 346 g/mol. The zero-order valence-corrected chi connectivity index (χ0v) is 14.2. The van der Waals surface area contributed by atoms with Crippen molar-refractivity contribution in [2.24, 2.45) is 0 Å². The molecule has 0 spiro atoms. The molecule has 4 rings (SSSR count). The van der Waals surface area contributed by atoms with Crippen LogP contribution in [0.3, 0.4) is 0 Å². The van der Waals surface area contributed by atoms with E-state index in [2.05, 4.69) is 9.97 Å². The molecule has 0 unspecified atom stereocenters. The van der Waals surface area contributed by atoms with Gasteiger partial charge in [0, 0.05) is 18.0 Å². The fourth-order valence-corrected chi connectivity index (χ4v) is 2.64. The topological polar surface area (TPSA) is 84.3 Å². The molecule has 6 nitrogen and oxygen atoms in total. The number of rotatable bonds is 4. The molecule has 1 aromatic carbocycles. The first-order chi connectivity index (χ1) is 12.3. The molecule has 26 heavy (non-hydrogen) atoms. The quantitative estimate of drug-likeness (QED) is 0.568. The average Bonchev–Trinajstić information content (AvgIpc) is 3.15. The second kappa shape index (κ2) is 7.58. The summed E-state index contributed by atoms with van der Waals surface area (Å²) < 4.78 is 7.09. The van der Waals surface area contributed by atoms with Crippen molar-refractivity contribution in [3.8, 4) is 34.2 Å². The second-order valence-corrected chi connectivity index (χ2v) is 5.46. The molecular weight excluding hydrogens is 328 g/mol. The van der Waals surface area contributed by atoms with Crippen LogP contribution in [0.5, 0.6) is 5.75 Å². The number of benzene rings is 1. The number of pyridine rings is 2. The minimum absolute atomic E-state index is 0. The van der Waals surface area contributed by atoms with Crippen LogP contribution in [0.1, 0.15) is 0 Å². The van der Waals surface area contributed by atoms with Gasteiger partial charge in [0.1, 0.15) is 11.4 Å². The van der Waals surface area contributed by atoms with Gasteiger partial charge in [0.05, 0.1) is 18.5 Å². The van der Waals surface area contributed by atoms with Crippen LogP contribution < -0.4 is 4.74 Å². The maximum Gasteiger partial charge on any atom is 0.153 e. The van der Waals surface area contributed by atoms with Crippen LogP contribution in [-0.4, -0.2) is 32.3 Å². The highest BCUT2D eigenvalue weighted by Crippen LogP contribution is 2.28. The Bertz CT molecular complexity index is 968. The van der Waals surface area contributed by atoms with E-state index in [1.54, 1.807) is 19.5 Å². The summed E-state index contributed by atoms with van der Waals surface area (Å²) in [5.41, 5.74) is 3.60. The summed E-state index contributed by atoms with van der Waals surface area (Å²) in [6.45, 7) is 0. The van der Waals surface area contributed by atoms with Gasteiger partial charge in [-0.1, -0.05) is 12.1 Å². The molecule has 4 aromatic rings. The van der Waals surface area contributed by atoms with Crippen LogP contribution in [0.25, 0.3) is 28.5 Å². The van der Waals surface area contributed by atoms with Crippen LogP contribution in [-0.2, 0) is 0 Å². The van der Waals surface area contributed by atoms with E-state index in [9.17, 15) is 0 Å². The molecule has 0 saturated heterocycles. The maximum absolute atomic E-state index is 5.25. The number of hydrogen-bond donors (Lipinski definition) is 0. The standard InChI is InChI=1S/C20H16N4O.H2O/c1-25-16-10-8-15(9-11-16)19-14-18(17-6-2-4-12-21-17)23-24(19)20-7-3-5-13-22-20;/h2-14H,1H3;1H2. The van der Waals surface area contributed by atoms with E-state index < -0.39 is 0 Å². The van der Waals surface area contributed by atoms with Gasteiger partial charge in [-0.25, -0.2) is 9.67 Å². The van der Waals surface area contributed by atoms with Crippen LogP contribution in [0.15, 0.2) is 79.1 Å². The molecule has 3 aromatic heterocycles. The molecule has 0 fully saturated rings. The van der Waals surface area contributed by atoms with Crippen molar-refractivity contribution < 1.29 is 10.2 Å². The zero-order valence-electron chi connectivity index (χ0n) is 14.2. The summed E-state index contributed by atoms with van der Waals surface area (Å²) >= 11 is 0. The third-order valence-corrected chi connectivity index (χ3v) is 3.89. The smallest absolute Gasteiger partial charge is 0.153 e. The van der Waals surface area contributed by atoms with E-state index in [0.717, 1.165) is 34.2 Å². The Morgan fingerprint density at radius 3 is 2.15 bits per heavy atom. The summed E-state index contributed by atoms with van der Waals surface area (Å²) in [6.07, 6.45) is 3.53. The van der Waals surface area contributed by atoms with Crippen LogP contribution >= 0.6 is 0 Å². The molecule has 0 aliphatic heterocycles. The fourth-order valence-electron chi connectivity index (χ4n) is 2.64. The highest BCUT2D eigenvalue weighted by Gasteiger charge is 2.14. The first-order valence-corrected chi connectivity index (χ1v) is 7.92. The van der Waals surface area contributed by atoms with Crippen molar-refractivity contribution in [3.05, 3.63) is 79.1 Å². The molecule has 0 bridgehead atoms. The van der Waals surface area contributed by atoms with Crippen molar-refractivity contribution in [2.45, 2.75) is 0 Å². The SMILES string of the molecule is COc1ccc(-c2cc(-c3ccccn3)nn2-c2ccccn2)cc1.O. The minimum Gasteiger partial charge on any atom is -0.497 e. The number of hydrogen-bond acceptors (Lipinski definition) is 4. The van der Waals surface area contributed by atoms with E-state index >= 15 is 0 Å². The Hall–Kier alpha value is -3.51. The predicted octanol–water partition coefficient (Wildman–Crippen LogP) is 3.18. The molecule has 2 N–H and O–H groups in total. The van der Waals surface area contributed by atoms with Crippen molar-refractivity contribution in [2.75, 3.05) is 7.11 Å². The number of ether oxygens (including phenoxy) is 1. The van der Waals surface area contributed by atoms with Crippen molar-refractivity contribution in [3.63, 3.8) is 0 Å². The van der Waals surface area contributed by atoms with Gasteiger partial charge in [0.15, 0.2) is 5.82 Å². The molecule has 0 radical (unpaired) electrons. The fraction of sp³-hybridized carbons (Fsp3) is 0.0500. The van der Waals surface area contributed by atoms with E-state index in [1.165, 1.54) is 0 Å². The summed E-state index contributed by atoms with van der Waals surface area (Å²) in [7, 11) is 1.66. The first kappa shape index (κ1) is 17.3. The lowest BCUT2D eigenvalue weighted by Gasteiger charge is -2.07. The third-order valence-electron chi connectivity index (χ3n) is 3.89. The molecule has 6 heteroatoms. The molecule has 0 aliphatic carbocycles. The zero-order chi connectivity index (χ0) is 17.1. The summed E-state index contributed by atoms with van der Waals surface area (Å²) in [6, 6.07) is 21.5. The highest BCUT2D eigenvalue weighted by atomic mass is 16.5. The van der Waals surface area contributed by atoms with E-state index in [0.29, 0.717) is 0 Å². The lowest BCUT2D eigenvalue weighted by atomic mass is 10.1. The van der Waals surface area contributed by atoms with Crippen LogP contribution in [0, 0.1) is 0 Å². The van der Waals surface area contributed by atoms with Crippen molar-refractivity contribution in [1.29, 1.82) is 0 Å². The van der Waals surface area contributed by atoms with Gasteiger partial charge < -0.3 is 10.2 Å². The Morgan fingerprint density at radius 1 is 0.808 bits per heavy atom. The van der Waals surface area contributed by atoms with Gasteiger partial charge in [-0.2, -0.15) is 5.10 Å². The van der Waals surface area contributed by atoms with Gasteiger partial charge in [-0.3, -0.25) is 4.98 Å². The highest BCUT2D eigenvalue weighted by molar-refractivity contribution is 5.69. The van der Waals surface area contributed by atoms with E-state index in [4.69, 9.17) is 9.84 Å². The van der Waals surface area contributed by atoms with Gasteiger partial charge in [-0.15, -0.1) is 0 Å².